The molecule has 5 N–H and O–H groups in total. The molecule has 1 aliphatic rings. The molecule has 1 saturated carbocycles. The molecule has 1 aliphatic carbocycles. The summed E-state index contributed by atoms with van der Waals surface area (Å²) in [5.41, 5.74) is 5.93. The Morgan fingerprint density at radius 2 is 2.21 bits per heavy atom. The van der Waals surface area contributed by atoms with Crippen molar-refractivity contribution < 1.29 is 9.90 Å². The van der Waals surface area contributed by atoms with E-state index < -0.39 is 12.0 Å². The summed E-state index contributed by atoms with van der Waals surface area (Å²) in [5.74, 6) is 0.295. The Morgan fingerprint density at radius 1 is 1.39 bits per heavy atom. The second-order valence-electron chi connectivity index (χ2n) is 6.76. The number of nitrogens with one attached hydrogen (secondary N) is 2. The largest absolute Gasteiger partial charge is 0.391 e. The molecule has 2 atom stereocenters. The van der Waals surface area contributed by atoms with Gasteiger partial charge in [0.25, 0.3) is 11.5 Å². The number of amides is 1. The lowest BCUT2D eigenvalue weighted by atomic mass is 10.2. The van der Waals surface area contributed by atoms with Crippen LogP contribution >= 0.6 is 0 Å². The lowest BCUT2D eigenvalue weighted by Gasteiger charge is -2.19. The Bertz CT molecular complexity index is 1100. The average Bonchev–Trinajstić information content (AvgIpc) is 3.29. The maximum atomic E-state index is 12.9. The SMILES string of the molecule is CNc1cc(Nc2cccn(C3CCCC3O)c2=O)nc2c(C(N)=O)cnn12. The van der Waals surface area contributed by atoms with Gasteiger partial charge >= 0.3 is 0 Å². The average molecular weight is 383 g/mol. The fourth-order valence-electron chi connectivity index (χ4n) is 3.63. The van der Waals surface area contributed by atoms with Gasteiger partial charge in [-0.2, -0.15) is 9.61 Å². The van der Waals surface area contributed by atoms with Crippen LogP contribution in [0.4, 0.5) is 17.3 Å². The van der Waals surface area contributed by atoms with E-state index in [4.69, 9.17) is 5.73 Å². The fraction of sp³-hybridized carbons (Fsp3) is 0.333. The van der Waals surface area contributed by atoms with Gasteiger partial charge in [-0.1, -0.05) is 0 Å². The van der Waals surface area contributed by atoms with Crippen LogP contribution in [0.3, 0.4) is 0 Å². The number of hydrogen-bond acceptors (Lipinski definition) is 7. The first-order valence-electron chi connectivity index (χ1n) is 9.02. The lowest BCUT2D eigenvalue weighted by Crippen LogP contribution is -2.30. The number of hydrogen-bond donors (Lipinski definition) is 4. The lowest BCUT2D eigenvalue weighted by molar-refractivity contribution is 0.100. The molecular weight excluding hydrogens is 362 g/mol. The van der Waals surface area contributed by atoms with E-state index in [9.17, 15) is 14.7 Å². The van der Waals surface area contributed by atoms with Gasteiger partial charge in [0, 0.05) is 19.3 Å². The quantitative estimate of drug-likeness (QED) is 0.512. The van der Waals surface area contributed by atoms with E-state index in [-0.39, 0.29) is 22.8 Å². The first-order valence-corrected chi connectivity index (χ1v) is 9.02. The molecule has 0 aliphatic heterocycles. The zero-order valence-corrected chi connectivity index (χ0v) is 15.3. The van der Waals surface area contributed by atoms with E-state index in [1.165, 1.54) is 10.7 Å². The molecule has 2 unspecified atom stereocenters. The summed E-state index contributed by atoms with van der Waals surface area (Å²) < 4.78 is 3.02. The van der Waals surface area contributed by atoms with Crippen LogP contribution in [0.15, 0.2) is 35.4 Å². The third kappa shape index (κ3) is 2.97. The zero-order valence-electron chi connectivity index (χ0n) is 15.3. The van der Waals surface area contributed by atoms with Gasteiger partial charge in [0.1, 0.15) is 22.9 Å². The van der Waals surface area contributed by atoms with Crippen LogP contribution in [-0.2, 0) is 0 Å². The summed E-state index contributed by atoms with van der Waals surface area (Å²) in [6, 6.07) is 4.84. The van der Waals surface area contributed by atoms with Crippen molar-refractivity contribution in [3.63, 3.8) is 0 Å². The summed E-state index contributed by atoms with van der Waals surface area (Å²) in [7, 11) is 1.71. The maximum absolute atomic E-state index is 12.9. The second kappa shape index (κ2) is 6.97. The summed E-state index contributed by atoms with van der Waals surface area (Å²) in [5, 5.41) is 20.3. The first kappa shape index (κ1) is 18.0. The van der Waals surface area contributed by atoms with Crippen LogP contribution in [0.2, 0.25) is 0 Å². The second-order valence-corrected chi connectivity index (χ2v) is 6.76. The number of aliphatic hydroxyl groups excluding tert-OH is 1. The first-order chi connectivity index (χ1) is 13.5. The number of carbonyl (C=O) groups is 1. The van der Waals surface area contributed by atoms with Gasteiger partial charge in [0.15, 0.2) is 5.65 Å². The van der Waals surface area contributed by atoms with Crippen molar-refractivity contribution in [1.29, 1.82) is 0 Å². The molecule has 28 heavy (non-hydrogen) atoms. The van der Waals surface area contributed by atoms with Gasteiger partial charge in [-0.05, 0) is 31.4 Å². The number of rotatable bonds is 5. The monoisotopic (exact) mass is 383 g/mol. The number of fused-ring (bicyclic) bond motifs is 1. The van der Waals surface area contributed by atoms with Crippen molar-refractivity contribution in [2.45, 2.75) is 31.4 Å². The predicted molar refractivity (Wildman–Crippen MR) is 104 cm³/mol. The predicted octanol–water partition coefficient (Wildman–Crippen LogP) is 0.861. The topological polar surface area (TPSA) is 140 Å². The molecular formula is C18H21N7O3. The van der Waals surface area contributed by atoms with E-state index >= 15 is 0 Å². The number of anilines is 3. The van der Waals surface area contributed by atoms with Crippen molar-refractivity contribution >= 4 is 28.9 Å². The number of carbonyl (C=O) groups excluding carboxylic acids is 1. The number of aromatic nitrogens is 4. The third-order valence-corrected chi connectivity index (χ3v) is 5.03. The minimum absolute atomic E-state index is 0.180. The van der Waals surface area contributed by atoms with Crippen LogP contribution in [0.25, 0.3) is 5.65 Å². The van der Waals surface area contributed by atoms with E-state index in [1.807, 2.05) is 0 Å². The van der Waals surface area contributed by atoms with Crippen molar-refractivity contribution in [1.82, 2.24) is 19.2 Å². The molecule has 1 fully saturated rings. The van der Waals surface area contributed by atoms with E-state index in [2.05, 4.69) is 20.7 Å². The molecule has 4 rings (SSSR count). The summed E-state index contributed by atoms with van der Waals surface area (Å²) in [6.45, 7) is 0. The number of aliphatic hydroxyl groups is 1. The standard InChI is InChI=1S/C18H21N7O3/c1-20-15-8-14(23-17-10(16(19)27)9-21-25(15)17)22-11-4-3-7-24(18(11)28)12-5-2-6-13(12)26/h3-4,7-9,12-13,20,26H,2,5-6H2,1H3,(H2,19,27)(H,22,23). The maximum Gasteiger partial charge on any atom is 0.274 e. The molecule has 3 aromatic heterocycles. The number of nitrogens with two attached hydrogens (primary N) is 1. The van der Waals surface area contributed by atoms with Crippen molar-refractivity contribution in [3.05, 3.63) is 46.5 Å². The van der Waals surface area contributed by atoms with Gasteiger partial charge in [0.2, 0.25) is 0 Å². The minimum atomic E-state index is -0.640. The van der Waals surface area contributed by atoms with Crippen LogP contribution in [0, 0.1) is 0 Å². The highest BCUT2D eigenvalue weighted by Gasteiger charge is 2.27. The van der Waals surface area contributed by atoms with Gasteiger partial charge < -0.3 is 26.0 Å². The van der Waals surface area contributed by atoms with Crippen molar-refractivity contribution in [2.24, 2.45) is 5.73 Å². The van der Waals surface area contributed by atoms with Crippen LogP contribution in [0.1, 0.15) is 35.7 Å². The highest BCUT2D eigenvalue weighted by Crippen LogP contribution is 2.29. The highest BCUT2D eigenvalue weighted by atomic mass is 16.3. The normalized spacial score (nSPS) is 19.1. The highest BCUT2D eigenvalue weighted by molar-refractivity contribution is 5.98. The van der Waals surface area contributed by atoms with E-state index in [0.717, 1.165) is 12.8 Å². The Labute approximate surface area is 160 Å². The zero-order chi connectivity index (χ0) is 19.8. The Hall–Kier alpha value is -3.40. The third-order valence-electron chi connectivity index (χ3n) is 5.03. The van der Waals surface area contributed by atoms with E-state index in [0.29, 0.717) is 23.7 Å². The summed E-state index contributed by atoms with van der Waals surface area (Å²) >= 11 is 0. The number of pyridine rings is 1. The Kier molecular flexibility index (Phi) is 4.47. The van der Waals surface area contributed by atoms with Crippen LogP contribution in [0.5, 0.6) is 0 Å². The minimum Gasteiger partial charge on any atom is -0.391 e. The van der Waals surface area contributed by atoms with Gasteiger partial charge in [-0.15, -0.1) is 0 Å². The summed E-state index contributed by atoms with van der Waals surface area (Å²) in [4.78, 5) is 28.9. The Balaban J connectivity index is 1.75. The molecule has 10 nitrogen and oxygen atoms in total. The molecule has 10 heteroatoms. The van der Waals surface area contributed by atoms with Crippen LogP contribution < -0.4 is 21.9 Å². The van der Waals surface area contributed by atoms with Gasteiger partial charge in [-0.3, -0.25) is 9.59 Å². The summed E-state index contributed by atoms with van der Waals surface area (Å²) in [6.07, 6.45) is 4.85. The number of nitrogens with zero attached hydrogens (tertiary/aromatic N) is 4. The van der Waals surface area contributed by atoms with E-state index in [1.54, 1.807) is 36.0 Å². The molecule has 0 aromatic carbocycles. The molecule has 1 amide bonds. The molecule has 3 heterocycles. The van der Waals surface area contributed by atoms with Crippen LogP contribution in [-0.4, -0.2) is 43.3 Å². The molecule has 0 saturated heterocycles. The smallest absolute Gasteiger partial charge is 0.274 e. The molecule has 3 aromatic rings. The van der Waals surface area contributed by atoms with Gasteiger partial charge in [-0.25, -0.2) is 4.98 Å². The molecule has 0 spiro atoms. The van der Waals surface area contributed by atoms with Gasteiger partial charge in [0.05, 0.1) is 18.3 Å². The molecule has 146 valence electrons. The molecule has 0 bridgehead atoms. The van der Waals surface area contributed by atoms with Crippen molar-refractivity contribution in [3.8, 4) is 0 Å². The molecule has 0 radical (unpaired) electrons. The Morgan fingerprint density at radius 3 is 2.89 bits per heavy atom. The number of primary amides is 1. The fourth-order valence-corrected chi connectivity index (χ4v) is 3.63. The van der Waals surface area contributed by atoms with Crippen molar-refractivity contribution in [2.75, 3.05) is 17.7 Å².